The number of fused-ring (bicyclic) bond motifs is 3. The summed E-state index contributed by atoms with van der Waals surface area (Å²) in [6, 6.07) is 9.01. The number of hydrogen-bond donors (Lipinski definition) is 1. The van der Waals surface area contributed by atoms with E-state index >= 15 is 0 Å². The summed E-state index contributed by atoms with van der Waals surface area (Å²) in [4.78, 5) is 0. The minimum atomic E-state index is 0.195. The van der Waals surface area contributed by atoms with Crippen molar-refractivity contribution in [1.82, 2.24) is 0 Å². The molecule has 0 amide bonds. The van der Waals surface area contributed by atoms with E-state index in [1.165, 1.54) is 43.4 Å². The zero-order valence-corrected chi connectivity index (χ0v) is 14.6. The van der Waals surface area contributed by atoms with Crippen LogP contribution in [-0.2, 0) is 0 Å². The van der Waals surface area contributed by atoms with Crippen molar-refractivity contribution >= 4 is 11.3 Å². The monoisotopic (exact) mass is 305 g/mol. The molecule has 1 spiro atoms. The van der Waals surface area contributed by atoms with Gasteiger partial charge in [0.15, 0.2) is 0 Å². The molecule has 0 unspecified atom stereocenters. The van der Waals surface area contributed by atoms with E-state index in [-0.39, 0.29) is 5.54 Å². The number of hydrogen-bond acceptors (Lipinski definition) is 1. The molecule has 120 valence electrons. The van der Waals surface area contributed by atoms with E-state index in [0.29, 0.717) is 5.41 Å². The van der Waals surface area contributed by atoms with Crippen molar-refractivity contribution in [3.63, 3.8) is 0 Å². The summed E-state index contributed by atoms with van der Waals surface area (Å²) in [6.45, 7) is 7.37. The SMILES string of the molecule is C[C@H]1CC2=C[C@@]3(C)C[C@H](C)C[C@@]4(C3)Nc3ccccc3C(=C24)C1. The summed E-state index contributed by atoms with van der Waals surface area (Å²) in [5.41, 5.74) is 8.42. The van der Waals surface area contributed by atoms with Gasteiger partial charge in [0.25, 0.3) is 0 Å². The number of rotatable bonds is 0. The molecule has 4 aliphatic rings. The van der Waals surface area contributed by atoms with Gasteiger partial charge in [0.2, 0.25) is 0 Å². The Morgan fingerprint density at radius 3 is 2.74 bits per heavy atom. The number of anilines is 1. The van der Waals surface area contributed by atoms with Crippen LogP contribution in [0.1, 0.15) is 58.4 Å². The summed E-state index contributed by atoms with van der Waals surface area (Å²) in [7, 11) is 0. The van der Waals surface area contributed by atoms with Crippen LogP contribution in [0.15, 0.2) is 41.5 Å². The predicted molar refractivity (Wildman–Crippen MR) is 97.3 cm³/mol. The Balaban J connectivity index is 1.82. The lowest BCUT2D eigenvalue weighted by Gasteiger charge is -2.57. The third-order valence-electron chi connectivity index (χ3n) is 6.59. The molecule has 23 heavy (non-hydrogen) atoms. The largest absolute Gasteiger partial charge is 0.375 e. The van der Waals surface area contributed by atoms with Crippen molar-refractivity contribution in [1.29, 1.82) is 0 Å². The maximum atomic E-state index is 4.04. The van der Waals surface area contributed by atoms with Crippen LogP contribution in [0.5, 0.6) is 0 Å². The average molecular weight is 305 g/mol. The highest BCUT2D eigenvalue weighted by molar-refractivity contribution is 5.88. The zero-order chi connectivity index (χ0) is 15.8. The van der Waals surface area contributed by atoms with Crippen LogP contribution in [-0.4, -0.2) is 5.54 Å². The van der Waals surface area contributed by atoms with Crippen LogP contribution in [0, 0.1) is 17.3 Å². The van der Waals surface area contributed by atoms with Gasteiger partial charge in [-0.25, -0.2) is 0 Å². The summed E-state index contributed by atoms with van der Waals surface area (Å²) in [5.74, 6) is 1.56. The van der Waals surface area contributed by atoms with Crippen LogP contribution in [0.2, 0.25) is 0 Å². The van der Waals surface area contributed by atoms with Crippen LogP contribution in [0.25, 0.3) is 5.57 Å². The van der Waals surface area contributed by atoms with Crippen LogP contribution in [0.3, 0.4) is 0 Å². The minimum absolute atomic E-state index is 0.195. The highest BCUT2D eigenvalue weighted by Gasteiger charge is 2.53. The van der Waals surface area contributed by atoms with Gasteiger partial charge < -0.3 is 5.32 Å². The molecule has 1 N–H and O–H groups in total. The van der Waals surface area contributed by atoms with E-state index < -0.39 is 0 Å². The van der Waals surface area contributed by atoms with Gasteiger partial charge in [-0.3, -0.25) is 0 Å². The Hall–Kier alpha value is -1.50. The molecule has 0 aromatic heterocycles. The van der Waals surface area contributed by atoms with Crippen molar-refractivity contribution in [2.45, 2.75) is 58.4 Å². The topological polar surface area (TPSA) is 12.0 Å². The fourth-order valence-electron chi connectivity index (χ4n) is 6.45. The first-order chi connectivity index (χ1) is 11.0. The third-order valence-corrected chi connectivity index (χ3v) is 6.59. The number of para-hydroxylation sites is 1. The molecule has 1 aromatic carbocycles. The second kappa shape index (κ2) is 4.32. The molecule has 1 aliphatic heterocycles. The van der Waals surface area contributed by atoms with Gasteiger partial charge in [-0.1, -0.05) is 45.0 Å². The quantitative estimate of drug-likeness (QED) is 0.638. The third kappa shape index (κ3) is 1.86. The molecule has 1 heterocycles. The highest BCUT2D eigenvalue weighted by atomic mass is 15.0. The minimum Gasteiger partial charge on any atom is -0.375 e. The van der Waals surface area contributed by atoms with Gasteiger partial charge in [-0.2, -0.15) is 0 Å². The highest BCUT2D eigenvalue weighted by Crippen LogP contribution is 2.61. The van der Waals surface area contributed by atoms with Crippen LogP contribution >= 0.6 is 0 Å². The average Bonchev–Trinajstić information content (AvgIpc) is 2.44. The summed E-state index contributed by atoms with van der Waals surface area (Å²) in [6.07, 6.45) is 9.10. The molecular weight excluding hydrogens is 278 g/mol. The Labute approximate surface area is 139 Å². The molecule has 4 atom stereocenters. The van der Waals surface area contributed by atoms with E-state index in [1.807, 2.05) is 0 Å². The van der Waals surface area contributed by atoms with Crippen LogP contribution in [0.4, 0.5) is 5.69 Å². The first kappa shape index (κ1) is 13.9. The Morgan fingerprint density at radius 2 is 1.87 bits per heavy atom. The van der Waals surface area contributed by atoms with Gasteiger partial charge in [0, 0.05) is 11.3 Å². The van der Waals surface area contributed by atoms with Gasteiger partial charge >= 0.3 is 0 Å². The van der Waals surface area contributed by atoms with Gasteiger partial charge in [-0.05, 0) is 72.1 Å². The standard InChI is InChI=1S/C22H27N/c1-14-8-16-12-21(3)10-15(2)11-22(13-21)20(16)18(9-14)17-6-4-5-7-19(17)23-22/h4-7,12,14-15,23H,8-11,13H2,1-3H3/t14-,15-,21+,22-/m0/s1. The van der Waals surface area contributed by atoms with Gasteiger partial charge in [-0.15, -0.1) is 0 Å². The van der Waals surface area contributed by atoms with E-state index in [1.54, 1.807) is 16.7 Å². The molecule has 2 bridgehead atoms. The van der Waals surface area contributed by atoms with Crippen molar-refractivity contribution < 1.29 is 0 Å². The fraction of sp³-hybridized carbons (Fsp3) is 0.545. The predicted octanol–water partition coefficient (Wildman–Crippen LogP) is 5.80. The van der Waals surface area contributed by atoms with Gasteiger partial charge in [0.1, 0.15) is 0 Å². The second-order valence-electron chi connectivity index (χ2n) is 9.13. The van der Waals surface area contributed by atoms with Gasteiger partial charge in [0.05, 0.1) is 5.54 Å². The summed E-state index contributed by atoms with van der Waals surface area (Å²) >= 11 is 0. The van der Waals surface area contributed by atoms with Crippen molar-refractivity contribution in [2.75, 3.05) is 5.32 Å². The zero-order valence-electron chi connectivity index (χ0n) is 14.6. The molecule has 0 saturated heterocycles. The van der Waals surface area contributed by atoms with E-state index in [9.17, 15) is 0 Å². The molecule has 1 fully saturated rings. The Kier molecular flexibility index (Phi) is 2.61. The molecule has 1 saturated carbocycles. The molecule has 3 aliphatic carbocycles. The molecule has 1 nitrogen and oxygen atoms in total. The van der Waals surface area contributed by atoms with Crippen LogP contribution < -0.4 is 5.32 Å². The molecule has 1 heteroatoms. The Bertz CT molecular complexity index is 755. The van der Waals surface area contributed by atoms with E-state index in [4.69, 9.17) is 0 Å². The summed E-state index contributed by atoms with van der Waals surface area (Å²) in [5, 5.41) is 4.04. The lowest BCUT2D eigenvalue weighted by atomic mass is 9.52. The first-order valence-corrected chi connectivity index (χ1v) is 9.31. The first-order valence-electron chi connectivity index (χ1n) is 9.31. The normalized spacial score (nSPS) is 40.7. The number of benzene rings is 1. The van der Waals surface area contributed by atoms with E-state index in [2.05, 4.69) is 56.4 Å². The molecular formula is C22H27N. The Morgan fingerprint density at radius 1 is 1.04 bits per heavy atom. The maximum Gasteiger partial charge on any atom is 0.0641 e. The molecule has 5 rings (SSSR count). The van der Waals surface area contributed by atoms with E-state index in [0.717, 1.165) is 11.8 Å². The fourth-order valence-corrected chi connectivity index (χ4v) is 6.45. The lowest BCUT2D eigenvalue weighted by molar-refractivity contribution is 0.153. The summed E-state index contributed by atoms with van der Waals surface area (Å²) < 4.78 is 0. The van der Waals surface area contributed by atoms with Crippen molar-refractivity contribution in [3.05, 3.63) is 47.1 Å². The smallest absolute Gasteiger partial charge is 0.0641 e. The number of allylic oxidation sites excluding steroid dienone is 2. The molecule has 0 radical (unpaired) electrons. The van der Waals surface area contributed by atoms with Crippen molar-refractivity contribution in [2.24, 2.45) is 17.3 Å². The van der Waals surface area contributed by atoms with Crippen molar-refractivity contribution in [3.8, 4) is 0 Å². The molecule has 1 aromatic rings. The second-order valence-corrected chi connectivity index (χ2v) is 9.13. The number of nitrogens with one attached hydrogen (secondary N) is 1. The lowest BCUT2D eigenvalue weighted by Crippen LogP contribution is -2.54. The maximum absolute atomic E-state index is 4.04.